The van der Waals surface area contributed by atoms with E-state index in [4.69, 9.17) is 23.2 Å². The summed E-state index contributed by atoms with van der Waals surface area (Å²) in [7, 11) is 0. The minimum atomic E-state index is 0.400. The Morgan fingerprint density at radius 1 is 1.25 bits per heavy atom. The van der Waals surface area contributed by atoms with Crippen LogP contribution in [0.15, 0.2) is 28.3 Å². The van der Waals surface area contributed by atoms with E-state index in [2.05, 4.69) is 39.0 Å². The normalized spacial score (nSPS) is 12.4. The minimum absolute atomic E-state index is 0.400. The highest BCUT2D eigenvalue weighted by molar-refractivity contribution is 6.56. The Morgan fingerprint density at radius 3 is 2.44 bits per heavy atom. The number of allylic oxidation sites excluding steroid dienone is 1. The van der Waals surface area contributed by atoms with Gasteiger partial charge >= 0.3 is 0 Å². The lowest BCUT2D eigenvalue weighted by atomic mass is 9.89. The molecule has 0 saturated carbocycles. The molecule has 88 valence electrons. The zero-order valence-corrected chi connectivity index (χ0v) is 11.8. The van der Waals surface area contributed by atoms with Gasteiger partial charge in [-0.25, -0.2) is 0 Å². The lowest BCUT2D eigenvalue weighted by molar-refractivity contribution is 0.744. The van der Waals surface area contributed by atoms with Gasteiger partial charge in [-0.15, -0.1) is 0 Å². The maximum Gasteiger partial charge on any atom is 0.105 e. The van der Waals surface area contributed by atoms with Crippen molar-refractivity contribution in [3.63, 3.8) is 0 Å². The van der Waals surface area contributed by atoms with Crippen molar-refractivity contribution in [1.82, 2.24) is 0 Å². The van der Waals surface area contributed by atoms with Gasteiger partial charge in [-0.3, -0.25) is 0 Å². The topological polar surface area (TPSA) is 0 Å². The SMILES string of the molecule is CC(CC(C)c1cccc(C)c1C)=C(Cl)Cl. The molecule has 0 radical (unpaired) electrons. The summed E-state index contributed by atoms with van der Waals surface area (Å²) in [6.07, 6.45) is 0.909. The van der Waals surface area contributed by atoms with Gasteiger partial charge in [-0.1, -0.05) is 48.3 Å². The lowest BCUT2D eigenvalue weighted by Crippen LogP contribution is -1.99. The van der Waals surface area contributed by atoms with E-state index >= 15 is 0 Å². The van der Waals surface area contributed by atoms with Crippen LogP contribution in [0.3, 0.4) is 0 Å². The Balaban J connectivity index is 2.93. The van der Waals surface area contributed by atoms with Gasteiger partial charge in [0.1, 0.15) is 4.49 Å². The van der Waals surface area contributed by atoms with Gasteiger partial charge < -0.3 is 0 Å². The van der Waals surface area contributed by atoms with Crippen LogP contribution >= 0.6 is 23.2 Å². The zero-order chi connectivity index (χ0) is 12.3. The Morgan fingerprint density at radius 2 is 1.88 bits per heavy atom. The molecule has 1 atom stereocenters. The molecule has 1 rings (SSSR count). The summed E-state index contributed by atoms with van der Waals surface area (Å²) in [4.78, 5) is 0. The second-order valence-corrected chi connectivity index (χ2v) is 5.38. The molecule has 0 heterocycles. The summed E-state index contributed by atoms with van der Waals surface area (Å²) in [6.45, 7) is 8.50. The van der Waals surface area contributed by atoms with E-state index in [-0.39, 0.29) is 0 Å². The van der Waals surface area contributed by atoms with Crippen LogP contribution in [0.25, 0.3) is 0 Å². The molecule has 0 nitrogen and oxygen atoms in total. The first-order valence-electron chi connectivity index (χ1n) is 5.50. The fraction of sp³-hybridized carbons (Fsp3) is 0.429. The third-order valence-corrected chi connectivity index (χ3v) is 3.76. The second kappa shape index (κ2) is 5.75. The van der Waals surface area contributed by atoms with Crippen LogP contribution in [0.1, 0.15) is 42.9 Å². The highest BCUT2D eigenvalue weighted by Gasteiger charge is 2.11. The lowest BCUT2D eigenvalue weighted by Gasteiger charge is -2.16. The molecular weight excluding hydrogens is 239 g/mol. The number of hydrogen-bond donors (Lipinski definition) is 0. The van der Waals surface area contributed by atoms with Crippen LogP contribution in [0, 0.1) is 13.8 Å². The predicted molar refractivity (Wildman–Crippen MR) is 73.4 cm³/mol. The van der Waals surface area contributed by atoms with Gasteiger partial charge in [-0.2, -0.15) is 0 Å². The summed E-state index contributed by atoms with van der Waals surface area (Å²) < 4.78 is 0.400. The standard InChI is InChI=1S/C14H18Cl2/c1-9-6-5-7-13(12(9)4)10(2)8-11(3)14(15)16/h5-7,10H,8H2,1-4H3. The van der Waals surface area contributed by atoms with Crippen LogP contribution in [-0.2, 0) is 0 Å². The van der Waals surface area contributed by atoms with Crippen molar-refractivity contribution in [3.8, 4) is 0 Å². The Bertz CT molecular complexity index is 401. The first kappa shape index (κ1) is 13.6. The monoisotopic (exact) mass is 256 g/mol. The van der Waals surface area contributed by atoms with Crippen LogP contribution in [0.2, 0.25) is 0 Å². The quantitative estimate of drug-likeness (QED) is 0.670. The Kier molecular flexibility index (Phi) is 4.89. The van der Waals surface area contributed by atoms with E-state index < -0.39 is 0 Å². The average Bonchev–Trinajstić information content (AvgIpc) is 2.21. The van der Waals surface area contributed by atoms with Gasteiger partial charge in [0.15, 0.2) is 0 Å². The van der Waals surface area contributed by atoms with Gasteiger partial charge in [0.05, 0.1) is 0 Å². The molecule has 1 aromatic carbocycles. The highest BCUT2D eigenvalue weighted by atomic mass is 35.5. The molecule has 0 aliphatic rings. The van der Waals surface area contributed by atoms with Gasteiger partial charge in [-0.05, 0) is 55.4 Å². The fourth-order valence-electron chi connectivity index (χ4n) is 1.95. The molecule has 0 bridgehead atoms. The number of halogens is 2. The third kappa shape index (κ3) is 3.26. The molecule has 0 saturated heterocycles. The molecule has 0 aliphatic heterocycles. The molecule has 16 heavy (non-hydrogen) atoms. The van der Waals surface area contributed by atoms with Crippen molar-refractivity contribution in [3.05, 3.63) is 45.0 Å². The predicted octanol–water partition coefficient (Wildman–Crippen LogP) is 5.51. The largest absolute Gasteiger partial charge is 0.105 e. The van der Waals surface area contributed by atoms with Crippen LogP contribution in [0.4, 0.5) is 0 Å². The molecular formula is C14H18Cl2. The molecule has 0 aromatic heterocycles. The van der Waals surface area contributed by atoms with Crippen LogP contribution in [0.5, 0.6) is 0 Å². The third-order valence-electron chi connectivity index (χ3n) is 3.11. The number of aryl methyl sites for hydroxylation is 1. The molecule has 2 heteroatoms. The average molecular weight is 257 g/mol. The molecule has 0 aliphatic carbocycles. The van der Waals surface area contributed by atoms with Crippen molar-refractivity contribution in [2.75, 3.05) is 0 Å². The number of benzene rings is 1. The van der Waals surface area contributed by atoms with E-state index in [0.717, 1.165) is 12.0 Å². The van der Waals surface area contributed by atoms with Crippen molar-refractivity contribution in [1.29, 1.82) is 0 Å². The van der Waals surface area contributed by atoms with Gasteiger partial charge in [0, 0.05) is 0 Å². The van der Waals surface area contributed by atoms with Crippen molar-refractivity contribution in [2.45, 2.75) is 40.0 Å². The van der Waals surface area contributed by atoms with E-state index in [1.54, 1.807) is 0 Å². The maximum absolute atomic E-state index is 5.78. The molecule has 0 amide bonds. The summed E-state index contributed by atoms with van der Waals surface area (Å²) in [6, 6.07) is 6.43. The van der Waals surface area contributed by atoms with Crippen molar-refractivity contribution < 1.29 is 0 Å². The number of rotatable bonds is 3. The summed E-state index contributed by atoms with van der Waals surface area (Å²) in [5.74, 6) is 0.451. The van der Waals surface area contributed by atoms with Crippen molar-refractivity contribution in [2.24, 2.45) is 0 Å². The van der Waals surface area contributed by atoms with E-state index in [0.29, 0.717) is 10.4 Å². The summed E-state index contributed by atoms with van der Waals surface area (Å²) in [5.41, 5.74) is 5.14. The maximum atomic E-state index is 5.78. The van der Waals surface area contributed by atoms with Gasteiger partial charge in [0.2, 0.25) is 0 Å². The first-order valence-corrected chi connectivity index (χ1v) is 6.26. The smallest absolute Gasteiger partial charge is 0.0710 e. The summed E-state index contributed by atoms with van der Waals surface area (Å²) in [5, 5.41) is 0. The molecule has 0 N–H and O–H groups in total. The zero-order valence-electron chi connectivity index (χ0n) is 10.3. The van der Waals surface area contributed by atoms with Crippen LogP contribution in [-0.4, -0.2) is 0 Å². The molecule has 1 unspecified atom stereocenters. The van der Waals surface area contributed by atoms with E-state index in [1.165, 1.54) is 16.7 Å². The molecule has 0 fully saturated rings. The first-order chi connectivity index (χ1) is 7.43. The highest BCUT2D eigenvalue weighted by Crippen LogP contribution is 2.29. The number of hydrogen-bond acceptors (Lipinski definition) is 0. The summed E-state index contributed by atoms with van der Waals surface area (Å²) >= 11 is 11.6. The van der Waals surface area contributed by atoms with Crippen molar-refractivity contribution >= 4 is 23.2 Å². The molecule has 1 aromatic rings. The van der Waals surface area contributed by atoms with Gasteiger partial charge in [0.25, 0.3) is 0 Å². The minimum Gasteiger partial charge on any atom is -0.0710 e. The Hall–Kier alpha value is -0.460. The van der Waals surface area contributed by atoms with Crippen LogP contribution < -0.4 is 0 Å². The molecule has 0 spiro atoms. The van der Waals surface area contributed by atoms with E-state index in [9.17, 15) is 0 Å². The second-order valence-electron chi connectivity index (χ2n) is 4.44. The Labute approximate surface area is 108 Å². The van der Waals surface area contributed by atoms with E-state index in [1.807, 2.05) is 6.92 Å². The fourth-order valence-corrected chi connectivity index (χ4v) is 2.11.